The average Bonchev–Trinajstić information content (AvgIpc) is 3.51. The van der Waals surface area contributed by atoms with E-state index in [1.165, 1.54) is 11.8 Å². The van der Waals surface area contributed by atoms with Crippen molar-refractivity contribution in [2.45, 2.75) is 11.8 Å². The van der Waals surface area contributed by atoms with E-state index in [9.17, 15) is 4.79 Å². The van der Waals surface area contributed by atoms with E-state index in [0.29, 0.717) is 46.1 Å². The van der Waals surface area contributed by atoms with Crippen LogP contribution in [0.1, 0.15) is 11.1 Å². The molecule has 0 aliphatic carbocycles. The van der Waals surface area contributed by atoms with Crippen molar-refractivity contribution in [1.82, 2.24) is 20.2 Å². The third kappa shape index (κ3) is 7.37. The number of nitrogens with zero attached hydrogens (tertiary/aromatic N) is 4. The van der Waals surface area contributed by atoms with Gasteiger partial charge in [0.1, 0.15) is 12.4 Å². The molecule has 0 atom stereocenters. The number of benzene rings is 4. The highest BCUT2D eigenvalue weighted by atomic mass is 32.2. The van der Waals surface area contributed by atoms with E-state index in [1.807, 2.05) is 102 Å². The van der Waals surface area contributed by atoms with E-state index in [2.05, 4.69) is 20.7 Å². The first kappa shape index (κ1) is 30.2. The maximum Gasteiger partial charge on any atom is 0.250 e. The lowest BCUT2D eigenvalue weighted by Gasteiger charge is -2.15. The molecule has 4 aromatic carbocycles. The van der Waals surface area contributed by atoms with E-state index >= 15 is 0 Å². The Morgan fingerprint density at radius 3 is 2.25 bits per heavy atom. The van der Waals surface area contributed by atoms with Crippen molar-refractivity contribution in [3.05, 3.63) is 108 Å². The van der Waals surface area contributed by atoms with Crippen molar-refractivity contribution in [2.75, 3.05) is 27.1 Å². The topological polar surface area (TPSA) is 109 Å². The van der Waals surface area contributed by atoms with Gasteiger partial charge in [0.2, 0.25) is 5.75 Å². The van der Waals surface area contributed by atoms with Crippen molar-refractivity contribution in [3.63, 3.8) is 0 Å². The maximum absolute atomic E-state index is 12.7. The maximum atomic E-state index is 12.7. The Hall–Kier alpha value is -5.29. The van der Waals surface area contributed by atoms with Crippen LogP contribution in [0.25, 0.3) is 17.1 Å². The van der Waals surface area contributed by atoms with Crippen molar-refractivity contribution in [1.29, 1.82) is 0 Å². The molecule has 0 radical (unpaired) electrons. The molecule has 0 aliphatic rings. The normalized spacial score (nSPS) is 10.9. The fourth-order valence-corrected chi connectivity index (χ4v) is 5.08. The highest BCUT2D eigenvalue weighted by molar-refractivity contribution is 7.99. The van der Waals surface area contributed by atoms with Gasteiger partial charge in [-0.05, 0) is 47.5 Å². The van der Waals surface area contributed by atoms with Crippen LogP contribution in [0.3, 0.4) is 0 Å². The van der Waals surface area contributed by atoms with Crippen LogP contribution in [0, 0.1) is 0 Å². The summed E-state index contributed by atoms with van der Waals surface area (Å²) in [5.41, 5.74) is 5.99. The molecule has 0 spiro atoms. The van der Waals surface area contributed by atoms with Gasteiger partial charge in [-0.25, -0.2) is 5.43 Å². The zero-order valence-corrected chi connectivity index (χ0v) is 25.3. The molecule has 44 heavy (non-hydrogen) atoms. The number of carbonyl (C=O) groups excluding carboxylic acids is 1. The first-order valence-corrected chi connectivity index (χ1v) is 14.6. The van der Waals surface area contributed by atoms with Crippen LogP contribution >= 0.6 is 11.8 Å². The van der Waals surface area contributed by atoms with Crippen molar-refractivity contribution in [2.24, 2.45) is 5.10 Å². The van der Waals surface area contributed by atoms with Gasteiger partial charge in [-0.15, -0.1) is 10.2 Å². The molecule has 5 aromatic rings. The summed E-state index contributed by atoms with van der Waals surface area (Å²) in [7, 11) is 4.67. The van der Waals surface area contributed by atoms with E-state index in [4.69, 9.17) is 18.9 Å². The summed E-state index contributed by atoms with van der Waals surface area (Å²) >= 11 is 1.24. The Labute approximate surface area is 259 Å². The first-order valence-electron chi connectivity index (χ1n) is 13.6. The van der Waals surface area contributed by atoms with Crippen LogP contribution in [-0.2, 0) is 11.4 Å². The Morgan fingerprint density at radius 1 is 0.864 bits per heavy atom. The molecule has 1 amide bonds. The molecular formula is C33H31N5O5S. The second-order valence-corrected chi connectivity index (χ2v) is 10.3. The zero-order valence-electron chi connectivity index (χ0n) is 24.5. The average molecular weight is 610 g/mol. The highest BCUT2D eigenvalue weighted by Gasteiger charge is 2.21. The molecule has 0 unspecified atom stereocenters. The number of hydrogen-bond donors (Lipinski definition) is 1. The molecule has 1 N–H and O–H groups in total. The predicted octanol–water partition coefficient (Wildman–Crippen LogP) is 5.78. The van der Waals surface area contributed by atoms with Crippen LogP contribution in [0.15, 0.2) is 107 Å². The monoisotopic (exact) mass is 609 g/mol. The van der Waals surface area contributed by atoms with E-state index in [-0.39, 0.29) is 11.7 Å². The van der Waals surface area contributed by atoms with Crippen molar-refractivity contribution < 1.29 is 23.7 Å². The number of hydrogen-bond acceptors (Lipinski definition) is 9. The fourth-order valence-electron chi connectivity index (χ4n) is 4.34. The Bertz CT molecular complexity index is 1700. The minimum absolute atomic E-state index is 0.0673. The predicted molar refractivity (Wildman–Crippen MR) is 170 cm³/mol. The van der Waals surface area contributed by atoms with Gasteiger partial charge < -0.3 is 18.9 Å². The molecular weight excluding hydrogens is 578 g/mol. The number of rotatable bonds is 13. The number of carbonyl (C=O) groups is 1. The van der Waals surface area contributed by atoms with Crippen molar-refractivity contribution in [3.8, 4) is 40.1 Å². The smallest absolute Gasteiger partial charge is 0.250 e. The number of methoxy groups -OCH3 is 3. The molecule has 0 fully saturated rings. The van der Waals surface area contributed by atoms with Crippen LogP contribution in [0.5, 0.6) is 23.0 Å². The number of ether oxygens (including phenoxy) is 4. The molecule has 1 heterocycles. The van der Waals surface area contributed by atoms with Gasteiger partial charge in [0.05, 0.1) is 33.3 Å². The number of amides is 1. The minimum atomic E-state index is -0.292. The van der Waals surface area contributed by atoms with Crippen molar-refractivity contribution >= 4 is 23.9 Å². The van der Waals surface area contributed by atoms with Crippen LogP contribution in [-0.4, -0.2) is 54.0 Å². The summed E-state index contributed by atoms with van der Waals surface area (Å²) in [6.45, 7) is 0.463. The van der Waals surface area contributed by atoms with E-state index in [1.54, 1.807) is 27.5 Å². The van der Waals surface area contributed by atoms with E-state index < -0.39 is 0 Å². The lowest BCUT2D eigenvalue weighted by Crippen LogP contribution is -2.20. The lowest BCUT2D eigenvalue weighted by atomic mass is 10.1. The molecule has 0 saturated carbocycles. The summed E-state index contributed by atoms with van der Waals surface area (Å²) in [6.07, 6.45) is 1.58. The molecule has 224 valence electrons. The number of hydrazone groups is 1. The summed E-state index contributed by atoms with van der Waals surface area (Å²) in [5, 5.41) is 13.5. The molecule has 1 aromatic heterocycles. The van der Waals surface area contributed by atoms with Gasteiger partial charge in [-0.1, -0.05) is 72.4 Å². The summed E-state index contributed by atoms with van der Waals surface area (Å²) in [6, 6.07) is 30.7. The Kier molecular flexibility index (Phi) is 10.1. The molecule has 0 aliphatic heterocycles. The van der Waals surface area contributed by atoms with Gasteiger partial charge in [0.25, 0.3) is 5.91 Å². The van der Waals surface area contributed by atoms with Crippen LogP contribution in [0.4, 0.5) is 0 Å². The summed E-state index contributed by atoms with van der Waals surface area (Å²) in [5.74, 6) is 2.49. The second kappa shape index (κ2) is 14.7. The molecule has 0 saturated heterocycles. The second-order valence-electron chi connectivity index (χ2n) is 9.32. The third-order valence-corrected chi connectivity index (χ3v) is 7.34. The number of aromatic nitrogens is 3. The SMILES string of the molecule is COc1cc(-c2nnc(SCC(=O)N/N=C/c3cccc(OCc4ccccc4)c3)n2-c2ccccc2)cc(OC)c1OC. The summed E-state index contributed by atoms with van der Waals surface area (Å²) in [4.78, 5) is 12.7. The number of thioether (sulfide) groups is 1. The Balaban J connectivity index is 1.28. The molecule has 11 heteroatoms. The number of nitrogens with one attached hydrogen (secondary N) is 1. The van der Waals surface area contributed by atoms with Crippen LogP contribution in [0.2, 0.25) is 0 Å². The van der Waals surface area contributed by atoms with Crippen LogP contribution < -0.4 is 24.4 Å². The fraction of sp³-hybridized carbons (Fsp3) is 0.152. The molecule has 0 bridgehead atoms. The third-order valence-electron chi connectivity index (χ3n) is 6.41. The highest BCUT2D eigenvalue weighted by Crippen LogP contribution is 2.41. The van der Waals surface area contributed by atoms with Gasteiger partial charge in [0, 0.05) is 11.3 Å². The quantitative estimate of drug-likeness (QED) is 0.102. The van der Waals surface area contributed by atoms with Gasteiger partial charge >= 0.3 is 0 Å². The van der Waals surface area contributed by atoms with Gasteiger partial charge in [-0.3, -0.25) is 9.36 Å². The van der Waals surface area contributed by atoms with Gasteiger partial charge in [0.15, 0.2) is 22.5 Å². The first-order chi connectivity index (χ1) is 21.6. The largest absolute Gasteiger partial charge is 0.493 e. The number of para-hydroxylation sites is 1. The lowest BCUT2D eigenvalue weighted by molar-refractivity contribution is -0.118. The Morgan fingerprint density at radius 2 is 1.57 bits per heavy atom. The molecule has 5 rings (SSSR count). The van der Waals surface area contributed by atoms with Gasteiger partial charge in [-0.2, -0.15) is 5.10 Å². The zero-order chi connectivity index (χ0) is 30.7. The summed E-state index contributed by atoms with van der Waals surface area (Å²) < 4.78 is 24.3. The molecule has 10 nitrogen and oxygen atoms in total. The van der Waals surface area contributed by atoms with E-state index in [0.717, 1.165) is 16.8 Å². The standard InChI is InChI=1S/C33H31N5O5S/c1-40-28-18-25(19-29(41-2)31(28)42-3)32-36-37-33(38(32)26-14-8-5-9-15-26)44-22-30(39)35-34-20-24-13-10-16-27(17-24)43-21-23-11-6-4-7-12-23/h4-20H,21-22H2,1-3H3,(H,35,39)/b34-20+. The minimum Gasteiger partial charge on any atom is -0.493 e.